The van der Waals surface area contributed by atoms with Crippen molar-refractivity contribution in [3.05, 3.63) is 0 Å². The van der Waals surface area contributed by atoms with Gasteiger partial charge in [-0.2, -0.15) is 0 Å². The van der Waals surface area contributed by atoms with Crippen LogP contribution >= 0.6 is 34.1 Å². The minimum Gasteiger partial charge on any atom is -0.147 e. The van der Waals surface area contributed by atoms with Crippen molar-refractivity contribution >= 4 is 51.4 Å². The van der Waals surface area contributed by atoms with Gasteiger partial charge in [-0.25, -0.2) is 0 Å². The van der Waals surface area contributed by atoms with E-state index < -0.39 is 0 Å². The van der Waals surface area contributed by atoms with Crippen molar-refractivity contribution in [2.75, 3.05) is 0 Å². The molecule has 0 aromatic carbocycles. The van der Waals surface area contributed by atoms with Crippen LogP contribution in [0.5, 0.6) is 0 Å². The van der Waals surface area contributed by atoms with Crippen LogP contribution in [0.25, 0.3) is 0 Å². The van der Waals surface area contributed by atoms with Gasteiger partial charge in [0.05, 0.1) is 0 Å². The molecule has 3 radical (unpaired) electrons. The van der Waals surface area contributed by atoms with E-state index in [1.54, 1.807) is 0 Å². The molecule has 1 fully saturated rings. The van der Waals surface area contributed by atoms with E-state index in [0.29, 0.717) is 0 Å². The molecule has 0 amide bonds. The molecule has 0 aromatic heterocycles. The Bertz CT molecular complexity index is 57.7. The summed E-state index contributed by atoms with van der Waals surface area (Å²) in [5.41, 5.74) is 0.953. The second kappa shape index (κ2) is 10.5. The van der Waals surface area contributed by atoms with Crippen molar-refractivity contribution in [3.63, 3.8) is 0 Å². The molecule has 0 aliphatic heterocycles. The highest BCUT2D eigenvalue weighted by molar-refractivity contribution is 7.17. The lowest BCUT2D eigenvalue weighted by Gasteiger charge is -2.15. The first kappa shape index (κ1) is 17.6. The highest BCUT2D eigenvalue weighted by Gasteiger charge is 2.06. The van der Waals surface area contributed by atoms with E-state index in [9.17, 15) is 0 Å². The molecule has 61 valence electrons. The molecule has 1 aliphatic carbocycles. The summed E-state index contributed by atoms with van der Waals surface area (Å²) in [6, 6.07) is 0. The summed E-state index contributed by atoms with van der Waals surface area (Å²) < 4.78 is 0. The zero-order valence-corrected chi connectivity index (χ0v) is 10.0. The zero-order chi connectivity index (χ0) is 5.11. The summed E-state index contributed by atoms with van der Waals surface area (Å²) in [5, 5.41) is 0. The molecular formula is C6H15AlCl2P. The lowest BCUT2D eigenvalue weighted by atomic mass is 10.0. The van der Waals surface area contributed by atoms with Crippen molar-refractivity contribution in [2.45, 2.75) is 37.8 Å². The molecule has 1 aliphatic rings. The van der Waals surface area contributed by atoms with Crippen molar-refractivity contribution in [1.29, 1.82) is 0 Å². The molecule has 0 spiro atoms. The van der Waals surface area contributed by atoms with Gasteiger partial charge < -0.3 is 0 Å². The maximum atomic E-state index is 2.91. The Morgan fingerprint density at radius 3 is 1.50 bits per heavy atom. The predicted octanol–water partition coefficient (Wildman–Crippen LogP) is 2.66. The molecule has 0 bridgehead atoms. The monoisotopic (exact) mass is 215 g/mol. The third kappa shape index (κ3) is 7.65. The molecule has 10 heavy (non-hydrogen) atoms. The lowest BCUT2D eigenvalue weighted by molar-refractivity contribution is 0.516. The fraction of sp³-hybridized carbons (Fsp3) is 1.00. The van der Waals surface area contributed by atoms with Gasteiger partial charge in [-0.05, 0) is 18.5 Å². The molecule has 0 saturated heterocycles. The largest absolute Gasteiger partial charge is 0.147 e. The Morgan fingerprint density at radius 2 is 1.30 bits per heavy atom. The molecule has 0 nitrogen and oxygen atoms in total. The van der Waals surface area contributed by atoms with Gasteiger partial charge in [0, 0.05) is 17.4 Å². The smallest absolute Gasteiger partial charge is 0 e. The molecule has 0 N–H and O–H groups in total. The molecule has 0 aromatic rings. The molecule has 4 heteroatoms. The first-order valence-electron chi connectivity index (χ1n) is 3.15. The SMILES string of the molecule is Cl.Cl.PC1CCCCC1.[Al]. The van der Waals surface area contributed by atoms with Crippen LogP contribution in [0, 0.1) is 0 Å². The summed E-state index contributed by atoms with van der Waals surface area (Å²) >= 11 is 0. The standard InChI is InChI=1S/C6H13P.Al.2ClH/c7-6-4-2-1-3-5-6;;;/h6H,1-5,7H2;;2*1H. The summed E-state index contributed by atoms with van der Waals surface area (Å²) in [4.78, 5) is 0. The predicted molar refractivity (Wildman–Crippen MR) is 56.8 cm³/mol. The van der Waals surface area contributed by atoms with Crippen molar-refractivity contribution in [1.82, 2.24) is 0 Å². The van der Waals surface area contributed by atoms with Crippen LogP contribution in [0.1, 0.15) is 32.1 Å². The summed E-state index contributed by atoms with van der Waals surface area (Å²) in [5.74, 6) is 0. The van der Waals surface area contributed by atoms with Gasteiger partial charge in [0.2, 0.25) is 0 Å². The van der Waals surface area contributed by atoms with E-state index >= 15 is 0 Å². The summed E-state index contributed by atoms with van der Waals surface area (Å²) in [6.45, 7) is 0. The normalized spacial score (nSPS) is 17.7. The molecule has 1 unspecified atom stereocenters. The number of halogens is 2. The number of hydrogen-bond acceptors (Lipinski definition) is 0. The Labute approximate surface area is 89.1 Å². The number of hydrogen-bond donors (Lipinski definition) is 0. The Hall–Kier alpha value is 1.54. The van der Waals surface area contributed by atoms with Crippen LogP contribution < -0.4 is 0 Å². The van der Waals surface area contributed by atoms with E-state index in [-0.39, 0.29) is 42.2 Å². The second-order valence-corrected chi connectivity index (χ2v) is 3.34. The Kier molecular flexibility index (Phi) is 18.5. The van der Waals surface area contributed by atoms with Gasteiger partial charge in [0.1, 0.15) is 0 Å². The van der Waals surface area contributed by atoms with Crippen LogP contribution in [0.3, 0.4) is 0 Å². The van der Waals surface area contributed by atoms with Gasteiger partial charge in [0.15, 0.2) is 0 Å². The van der Waals surface area contributed by atoms with Crippen LogP contribution in [0.4, 0.5) is 0 Å². The van der Waals surface area contributed by atoms with Crippen LogP contribution in [0.2, 0.25) is 0 Å². The highest BCUT2D eigenvalue weighted by Crippen LogP contribution is 2.23. The van der Waals surface area contributed by atoms with E-state index in [0.717, 1.165) is 5.66 Å². The van der Waals surface area contributed by atoms with Crippen molar-refractivity contribution < 1.29 is 0 Å². The van der Waals surface area contributed by atoms with Crippen LogP contribution in [0.15, 0.2) is 0 Å². The maximum Gasteiger partial charge on any atom is 0 e. The molecule has 0 heterocycles. The van der Waals surface area contributed by atoms with E-state index in [2.05, 4.69) is 9.24 Å². The van der Waals surface area contributed by atoms with Gasteiger partial charge in [-0.1, -0.05) is 19.3 Å². The summed E-state index contributed by atoms with van der Waals surface area (Å²) in [6.07, 6.45) is 7.31. The fourth-order valence-electron chi connectivity index (χ4n) is 1.13. The number of rotatable bonds is 0. The average Bonchev–Trinajstić information content (AvgIpc) is 1.69. The quantitative estimate of drug-likeness (QED) is 0.431. The molecular weight excluding hydrogens is 201 g/mol. The minimum atomic E-state index is 0. The molecule has 1 saturated carbocycles. The Balaban J connectivity index is -0.000000163. The minimum absolute atomic E-state index is 0. The second-order valence-electron chi connectivity index (χ2n) is 2.40. The fourth-order valence-corrected chi connectivity index (χ4v) is 1.61. The third-order valence-corrected chi connectivity index (χ3v) is 2.32. The van der Waals surface area contributed by atoms with Gasteiger partial charge >= 0.3 is 0 Å². The third-order valence-electron chi connectivity index (χ3n) is 1.65. The Morgan fingerprint density at radius 1 is 0.900 bits per heavy atom. The van der Waals surface area contributed by atoms with E-state index in [4.69, 9.17) is 0 Å². The van der Waals surface area contributed by atoms with Crippen molar-refractivity contribution in [2.24, 2.45) is 0 Å². The van der Waals surface area contributed by atoms with Crippen LogP contribution in [-0.4, -0.2) is 23.0 Å². The zero-order valence-electron chi connectivity index (χ0n) is 6.08. The molecule has 1 rings (SSSR count). The van der Waals surface area contributed by atoms with Crippen LogP contribution in [-0.2, 0) is 0 Å². The topological polar surface area (TPSA) is 0 Å². The maximum absolute atomic E-state index is 2.91. The molecule has 1 atom stereocenters. The first-order valence-corrected chi connectivity index (χ1v) is 3.82. The highest BCUT2D eigenvalue weighted by atomic mass is 35.5. The van der Waals surface area contributed by atoms with Gasteiger partial charge in [-0.15, -0.1) is 34.1 Å². The first-order chi connectivity index (χ1) is 3.39. The van der Waals surface area contributed by atoms with E-state index in [1.807, 2.05) is 0 Å². The van der Waals surface area contributed by atoms with E-state index in [1.165, 1.54) is 32.1 Å². The summed E-state index contributed by atoms with van der Waals surface area (Å²) in [7, 11) is 2.91. The average molecular weight is 216 g/mol. The van der Waals surface area contributed by atoms with Gasteiger partial charge in [-0.3, -0.25) is 0 Å². The van der Waals surface area contributed by atoms with Crippen molar-refractivity contribution in [3.8, 4) is 0 Å². The lowest BCUT2D eigenvalue weighted by Crippen LogP contribution is -2.02. The van der Waals surface area contributed by atoms with Gasteiger partial charge in [0.25, 0.3) is 0 Å².